The second-order valence-electron chi connectivity index (χ2n) is 5.80. The summed E-state index contributed by atoms with van der Waals surface area (Å²) in [5, 5.41) is 0.580. The molecule has 0 N–H and O–H groups in total. The van der Waals surface area contributed by atoms with Gasteiger partial charge in [0.25, 0.3) is 0 Å². The summed E-state index contributed by atoms with van der Waals surface area (Å²) in [4.78, 5) is 26.2. The van der Waals surface area contributed by atoms with E-state index in [9.17, 15) is 9.59 Å². The fraction of sp³-hybridized carbons (Fsp3) is 0.200. The van der Waals surface area contributed by atoms with Crippen molar-refractivity contribution in [2.24, 2.45) is 5.41 Å². The maximum absolute atomic E-state index is 13.1. The molecule has 116 valence electrons. The van der Waals surface area contributed by atoms with Gasteiger partial charge in [-0.25, -0.2) is 0 Å². The van der Waals surface area contributed by atoms with Crippen LogP contribution in [-0.4, -0.2) is 11.6 Å². The quantitative estimate of drug-likeness (QED) is 0.580. The third kappa shape index (κ3) is 2.17. The van der Waals surface area contributed by atoms with Crippen LogP contribution in [0.4, 0.5) is 0 Å². The molecule has 2 aromatic rings. The van der Waals surface area contributed by atoms with Crippen LogP contribution in [0.3, 0.4) is 0 Å². The number of halogens is 1. The van der Waals surface area contributed by atoms with Crippen LogP contribution in [-0.2, 0) is 0 Å². The van der Waals surface area contributed by atoms with Gasteiger partial charge in [-0.1, -0.05) is 61.0 Å². The number of rotatable bonds is 4. The lowest BCUT2D eigenvalue weighted by Gasteiger charge is -2.32. The van der Waals surface area contributed by atoms with Crippen molar-refractivity contribution in [1.82, 2.24) is 0 Å². The zero-order valence-electron chi connectivity index (χ0n) is 12.9. The molecule has 3 rings (SSSR count). The lowest BCUT2D eigenvalue weighted by atomic mass is 9.67. The normalized spacial score (nSPS) is 17.0. The minimum atomic E-state index is -1.13. The summed E-state index contributed by atoms with van der Waals surface area (Å²) in [6, 6.07) is 14.3. The average Bonchev–Trinajstić information content (AvgIpc) is 2.79. The van der Waals surface area contributed by atoms with Gasteiger partial charge < -0.3 is 0 Å². The van der Waals surface area contributed by atoms with E-state index in [-0.39, 0.29) is 11.6 Å². The van der Waals surface area contributed by atoms with Crippen molar-refractivity contribution in [2.45, 2.75) is 19.3 Å². The maximum atomic E-state index is 13.1. The average molecular weight is 325 g/mol. The third-order valence-corrected chi connectivity index (χ3v) is 4.99. The highest BCUT2D eigenvalue weighted by Crippen LogP contribution is 2.49. The van der Waals surface area contributed by atoms with Gasteiger partial charge in [0.15, 0.2) is 11.6 Å². The van der Waals surface area contributed by atoms with Crippen molar-refractivity contribution < 1.29 is 9.59 Å². The molecule has 0 spiro atoms. The third-order valence-electron chi connectivity index (χ3n) is 4.76. The molecule has 0 aromatic heterocycles. The Hall–Kier alpha value is -2.19. The molecule has 1 aliphatic carbocycles. The molecule has 1 atom stereocenters. The SMILES string of the molecule is C=CC(c1cccc(Cl)c1)C1(CC)C(=O)c2ccccc2C1=O. The van der Waals surface area contributed by atoms with E-state index < -0.39 is 11.3 Å². The first-order chi connectivity index (χ1) is 11.1. The Balaban J connectivity index is 2.20. The second kappa shape index (κ2) is 5.78. The summed E-state index contributed by atoms with van der Waals surface area (Å²) in [5.74, 6) is -0.644. The summed E-state index contributed by atoms with van der Waals surface area (Å²) >= 11 is 6.10. The van der Waals surface area contributed by atoms with Crippen molar-refractivity contribution in [3.8, 4) is 0 Å². The molecule has 1 unspecified atom stereocenters. The Morgan fingerprint density at radius 1 is 1.09 bits per heavy atom. The molecule has 23 heavy (non-hydrogen) atoms. The number of hydrogen-bond donors (Lipinski definition) is 0. The molecule has 0 radical (unpaired) electrons. The molecule has 2 aromatic carbocycles. The van der Waals surface area contributed by atoms with Crippen LogP contribution in [0.25, 0.3) is 0 Å². The maximum Gasteiger partial charge on any atom is 0.178 e. The monoisotopic (exact) mass is 324 g/mol. The van der Waals surface area contributed by atoms with Gasteiger partial charge in [-0.15, -0.1) is 6.58 Å². The fourth-order valence-electron chi connectivity index (χ4n) is 3.61. The first-order valence-electron chi connectivity index (χ1n) is 7.63. The molecule has 0 fully saturated rings. The highest BCUT2D eigenvalue weighted by molar-refractivity contribution is 6.31. The van der Waals surface area contributed by atoms with Crippen molar-refractivity contribution in [1.29, 1.82) is 0 Å². The molecular weight excluding hydrogens is 308 g/mol. The van der Waals surface area contributed by atoms with Gasteiger partial charge in [0, 0.05) is 22.1 Å². The lowest BCUT2D eigenvalue weighted by molar-refractivity contribution is 0.0665. The standard InChI is InChI=1S/C20H17ClO2/c1-3-17(13-8-7-9-14(21)12-13)20(4-2)18(22)15-10-5-6-11-16(15)19(20)23/h3,5-12,17H,1,4H2,2H3. The van der Waals surface area contributed by atoms with E-state index >= 15 is 0 Å². The Morgan fingerprint density at radius 3 is 2.17 bits per heavy atom. The van der Waals surface area contributed by atoms with E-state index in [4.69, 9.17) is 11.6 Å². The fourth-order valence-corrected chi connectivity index (χ4v) is 3.81. The molecule has 0 saturated carbocycles. The molecule has 2 nitrogen and oxygen atoms in total. The van der Waals surface area contributed by atoms with E-state index in [0.29, 0.717) is 22.6 Å². The Labute approximate surface area is 140 Å². The molecule has 0 saturated heterocycles. The second-order valence-corrected chi connectivity index (χ2v) is 6.23. The summed E-state index contributed by atoms with van der Waals surface area (Å²) in [7, 11) is 0. The molecule has 0 bridgehead atoms. The Bertz CT molecular complexity index is 772. The summed E-state index contributed by atoms with van der Waals surface area (Å²) in [6.07, 6.45) is 2.11. The predicted octanol–water partition coefficient (Wildman–Crippen LogP) is 5.09. The van der Waals surface area contributed by atoms with Gasteiger partial charge in [-0.3, -0.25) is 9.59 Å². The highest BCUT2D eigenvalue weighted by atomic mass is 35.5. The van der Waals surface area contributed by atoms with Gasteiger partial charge in [0.2, 0.25) is 0 Å². The van der Waals surface area contributed by atoms with Gasteiger partial charge in [0.05, 0.1) is 0 Å². The minimum Gasteiger partial charge on any atom is -0.293 e. The van der Waals surface area contributed by atoms with Crippen LogP contribution in [0.15, 0.2) is 61.2 Å². The molecule has 0 aliphatic heterocycles. The van der Waals surface area contributed by atoms with Crippen molar-refractivity contribution in [2.75, 3.05) is 0 Å². The van der Waals surface area contributed by atoms with Crippen molar-refractivity contribution in [3.05, 3.63) is 82.9 Å². The molecule has 3 heteroatoms. The van der Waals surface area contributed by atoms with E-state index in [1.165, 1.54) is 0 Å². The molecule has 1 aliphatic rings. The van der Waals surface area contributed by atoms with Crippen LogP contribution in [0.1, 0.15) is 45.5 Å². The smallest absolute Gasteiger partial charge is 0.178 e. The lowest BCUT2D eigenvalue weighted by Crippen LogP contribution is -2.38. The van der Waals surface area contributed by atoms with E-state index in [1.807, 2.05) is 19.1 Å². The highest BCUT2D eigenvalue weighted by Gasteiger charge is 2.55. The van der Waals surface area contributed by atoms with Crippen molar-refractivity contribution in [3.63, 3.8) is 0 Å². The summed E-state index contributed by atoms with van der Waals surface area (Å²) in [5.41, 5.74) is 0.723. The van der Waals surface area contributed by atoms with Gasteiger partial charge in [0.1, 0.15) is 5.41 Å². The zero-order chi connectivity index (χ0) is 16.6. The van der Waals surface area contributed by atoms with Crippen LogP contribution in [0, 0.1) is 5.41 Å². The number of carbonyl (C=O) groups is 2. The Morgan fingerprint density at radius 2 is 1.70 bits per heavy atom. The van der Waals surface area contributed by atoms with Gasteiger partial charge in [-0.05, 0) is 24.1 Å². The molecule has 0 heterocycles. The summed E-state index contributed by atoms with van der Waals surface area (Å²) in [6.45, 7) is 5.77. The predicted molar refractivity (Wildman–Crippen MR) is 92.2 cm³/mol. The number of allylic oxidation sites excluding steroid dienone is 1. The van der Waals surface area contributed by atoms with Crippen LogP contribution < -0.4 is 0 Å². The van der Waals surface area contributed by atoms with E-state index in [2.05, 4.69) is 6.58 Å². The largest absolute Gasteiger partial charge is 0.293 e. The van der Waals surface area contributed by atoms with Crippen LogP contribution in [0.5, 0.6) is 0 Å². The van der Waals surface area contributed by atoms with Gasteiger partial charge >= 0.3 is 0 Å². The Kier molecular flexibility index (Phi) is 3.95. The van der Waals surface area contributed by atoms with Crippen LogP contribution >= 0.6 is 11.6 Å². The van der Waals surface area contributed by atoms with Crippen LogP contribution in [0.2, 0.25) is 5.02 Å². The number of benzene rings is 2. The van der Waals surface area contributed by atoms with E-state index in [0.717, 1.165) is 5.56 Å². The zero-order valence-corrected chi connectivity index (χ0v) is 13.6. The first kappa shape index (κ1) is 15.7. The van der Waals surface area contributed by atoms with E-state index in [1.54, 1.807) is 42.5 Å². The summed E-state index contributed by atoms with van der Waals surface area (Å²) < 4.78 is 0. The molecule has 0 amide bonds. The number of fused-ring (bicyclic) bond motifs is 1. The topological polar surface area (TPSA) is 34.1 Å². The number of ketones is 2. The number of carbonyl (C=O) groups excluding carboxylic acids is 2. The number of Topliss-reactive ketones (excluding diaryl/α,β-unsaturated/α-hetero) is 2. The minimum absolute atomic E-state index is 0.120. The van der Waals surface area contributed by atoms with Crippen molar-refractivity contribution >= 4 is 23.2 Å². The van der Waals surface area contributed by atoms with Gasteiger partial charge in [-0.2, -0.15) is 0 Å². The molecular formula is C20H17ClO2. The first-order valence-corrected chi connectivity index (χ1v) is 8.00. The number of hydrogen-bond acceptors (Lipinski definition) is 2.